The van der Waals surface area contributed by atoms with Crippen LogP contribution in [-0.2, 0) is 23.4 Å². The summed E-state index contributed by atoms with van der Waals surface area (Å²) in [5, 5.41) is 3.89. The Morgan fingerprint density at radius 3 is 2.56 bits per heavy atom. The topological polar surface area (TPSA) is 66.7 Å². The molecular formula is C10H16FN3O3S. The highest BCUT2D eigenvalue weighted by Gasteiger charge is 2.26. The molecule has 0 saturated carbocycles. The molecule has 0 aliphatic carbocycles. The molecule has 0 bridgehead atoms. The van der Waals surface area contributed by atoms with Gasteiger partial charge in [-0.3, -0.25) is 4.90 Å². The number of aromatic nitrogens is 1. The van der Waals surface area contributed by atoms with Crippen molar-refractivity contribution in [2.24, 2.45) is 0 Å². The van der Waals surface area contributed by atoms with Crippen molar-refractivity contribution in [1.82, 2.24) is 14.4 Å². The maximum Gasteiger partial charge on any atom is 0.374 e. The van der Waals surface area contributed by atoms with E-state index in [0.717, 1.165) is 22.2 Å². The molecule has 0 spiro atoms. The standard InChI is InChI=1S/C10H16FN3O3S/c1-2-9-7-10(17-12-9)8-13-3-5-14(6-4-13)18(11,15)16/h7H,2-6,8H2,1H3. The number of halogens is 1. The number of rotatable bonds is 4. The van der Waals surface area contributed by atoms with Gasteiger partial charge in [-0.25, -0.2) is 0 Å². The molecule has 1 aliphatic heterocycles. The van der Waals surface area contributed by atoms with Crippen molar-refractivity contribution in [3.05, 3.63) is 17.5 Å². The van der Waals surface area contributed by atoms with E-state index >= 15 is 0 Å². The summed E-state index contributed by atoms with van der Waals surface area (Å²) in [6.45, 7) is 3.90. The van der Waals surface area contributed by atoms with Crippen molar-refractivity contribution in [2.45, 2.75) is 19.9 Å². The Morgan fingerprint density at radius 1 is 1.39 bits per heavy atom. The first kappa shape index (κ1) is 13.4. The van der Waals surface area contributed by atoms with E-state index in [1.807, 2.05) is 17.9 Å². The summed E-state index contributed by atoms with van der Waals surface area (Å²) in [5.41, 5.74) is 0.898. The van der Waals surface area contributed by atoms with Crippen LogP contribution in [0.25, 0.3) is 0 Å². The van der Waals surface area contributed by atoms with Gasteiger partial charge in [0.05, 0.1) is 12.2 Å². The minimum absolute atomic E-state index is 0.174. The van der Waals surface area contributed by atoms with Crippen LogP contribution in [0.2, 0.25) is 0 Å². The number of aryl methyl sites for hydroxylation is 1. The molecule has 6 nitrogen and oxygen atoms in total. The largest absolute Gasteiger partial charge is 0.374 e. The molecule has 2 heterocycles. The van der Waals surface area contributed by atoms with Crippen LogP contribution in [0.4, 0.5) is 3.89 Å². The smallest absolute Gasteiger partial charge is 0.360 e. The predicted octanol–water partition coefficient (Wildman–Crippen LogP) is 0.569. The van der Waals surface area contributed by atoms with Gasteiger partial charge in [0, 0.05) is 32.2 Å². The highest BCUT2D eigenvalue weighted by Crippen LogP contribution is 2.12. The molecule has 0 N–H and O–H groups in total. The Morgan fingerprint density at radius 2 is 2.06 bits per heavy atom. The molecule has 1 aliphatic rings. The van der Waals surface area contributed by atoms with E-state index in [0.29, 0.717) is 19.6 Å². The summed E-state index contributed by atoms with van der Waals surface area (Å²) in [7, 11) is -4.55. The molecule has 1 aromatic rings. The summed E-state index contributed by atoms with van der Waals surface area (Å²) in [6.07, 6.45) is 0.817. The Hall–Kier alpha value is -0.990. The third-order valence-electron chi connectivity index (χ3n) is 2.99. The van der Waals surface area contributed by atoms with E-state index in [-0.39, 0.29) is 13.1 Å². The van der Waals surface area contributed by atoms with Gasteiger partial charge in [0.15, 0.2) is 5.76 Å². The maximum absolute atomic E-state index is 12.7. The number of hydrogen-bond donors (Lipinski definition) is 0. The summed E-state index contributed by atoms with van der Waals surface area (Å²) in [6, 6.07) is 1.89. The van der Waals surface area contributed by atoms with E-state index in [2.05, 4.69) is 5.16 Å². The summed E-state index contributed by atoms with van der Waals surface area (Å²) >= 11 is 0. The van der Waals surface area contributed by atoms with Crippen molar-refractivity contribution in [2.75, 3.05) is 26.2 Å². The lowest BCUT2D eigenvalue weighted by molar-refractivity contribution is 0.163. The fraction of sp³-hybridized carbons (Fsp3) is 0.700. The second-order valence-corrected chi connectivity index (χ2v) is 5.60. The molecule has 1 fully saturated rings. The van der Waals surface area contributed by atoms with Crippen molar-refractivity contribution in [3.63, 3.8) is 0 Å². The fourth-order valence-electron chi connectivity index (χ4n) is 1.92. The van der Waals surface area contributed by atoms with Crippen LogP contribution in [0.5, 0.6) is 0 Å². The summed E-state index contributed by atoms with van der Waals surface area (Å²) in [5.74, 6) is 0.753. The SMILES string of the molecule is CCc1cc(CN2CCN(S(=O)(=O)F)CC2)on1. The fourth-order valence-corrected chi connectivity index (χ4v) is 2.52. The third kappa shape index (κ3) is 3.27. The van der Waals surface area contributed by atoms with E-state index < -0.39 is 10.4 Å². The molecule has 8 heteroatoms. The molecule has 18 heavy (non-hydrogen) atoms. The second kappa shape index (κ2) is 5.33. The Bertz CT molecular complexity index is 494. The Labute approximate surface area is 106 Å². The predicted molar refractivity (Wildman–Crippen MR) is 62.8 cm³/mol. The summed E-state index contributed by atoms with van der Waals surface area (Å²) < 4.78 is 40.1. The minimum Gasteiger partial charge on any atom is -0.360 e. The van der Waals surface area contributed by atoms with Crippen molar-refractivity contribution >= 4 is 10.4 Å². The average Bonchev–Trinajstić information content (AvgIpc) is 2.76. The van der Waals surface area contributed by atoms with Crippen molar-refractivity contribution in [1.29, 1.82) is 0 Å². The molecule has 0 atom stereocenters. The van der Waals surface area contributed by atoms with Gasteiger partial charge in [-0.2, -0.15) is 12.7 Å². The van der Waals surface area contributed by atoms with Gasteiger partial charge in [0.2, 0.25) is 0 Å². The lowest BCUT2D eigenvalue weighted by Crippen LogP contribution is -2.47. The van der Waals surface area contributed by atoms with Crippen molar-refractivity contribution in [3.8, 4) is 0 Å². The van der Waals surface area contributed by atoms with Gasteiger partial charge in [0.1, 0.15) is 0 Å². The lowest BCUT2D eigenvalue weighted by Gasteiger charge is -2.31. The van der Waals surface area contributed by atoms with Gasteiger partial charge in [-0.15, -0.1) is 0 Å². The molecular weight excluding hydrogens is 261 g/mol. The van der Waals surface area contributed by atoms with Crippen LogP contribution in [0.15, 0.2) is 10.6 Å². The zero-order valence-corrected chi connectivity index (χ0v) is 11.0. The van der Waals surface area contributed by atoms with E-state index in [1.54, 1.807) is 0 Å². The number of hydrogen-bond acceptors (Lipinski definition) is 5. The van der Waals surface area contributed by atoms with Crippen molar-refractivity contribution < 1.29 is 16.8 Å². The van der Waals surface area contributed by atoms with E-state index in [4.69, 9.17) is 4.52 Å². The number of nitrogens with zero attached hydrogens (tertiary/aromatic N) is 3. The highest BCUT2D eigenvalue weighted by atomic mass is 32.3. The molecule has 0 aromatic carbocycles. The van der Waals surface area contributed by atoms with Gasteiger partial charge >= 0.3 is 10.4 Å². The Balaban J connectivity index is 1.87. The first-order valence-electron chi connectivity index (χ1n) is 5.85. The molecule has 102 valence electrons. The van der Waals surface area contributed by atoms with Crippen LogP contribution in [0.3, 0.4) is 0 Å². The minimum atomic E-state index is -4.55. The normalized spacial score (nSPS) is 19.2. The van der Waals surface area contributed by atoms with Crippen LogP contribution in [-0.4, -0.2) is 49.0 Å². The monoisotopic (exact) mass is 277 g/mol. The molecule has 0 radical (unpaired) electrons. The van der Waals surface area contributed by atoms with Crippen LogP contribution in [0.1, 0.15) is 18.4 Å². The molecule has 0 amide bonds. The van der Waals surface area contributed by atoms with Crippen LogP contribution < -0.4 is 0 Å². The summed E-state index contributed by atoms with van der Waals surface area (Å²) in [4.78, 5) is 2.02. The number of piperazine rings is 1. The van der Waals surface area contributed by atoms with Gasteiger partial charge in [-0.1, -0.05) is 16.0 Å². The molecule has 0 unspecified atom stereocenters. The Kier molecular flexibility index (Phi) is 3.98. The van der Waals surface area contributed by atoms with E-state index in [1.165, 1.54) is 0 Å². The third-order valence-corrected chi connectivity index (χ3v) is 3.97. The zero-order valence-electron chi connectivity index (χ0n) is 10.2. The van der Waals surface area contributed by atoms with Gasteiger partial charge in [-0.05, 0) is 6.42 Å². The second-order valence-electron chi connectivity index (χ2n) is 4.26. The van der Waals surface area contributed by atoms with Crippen LogP contribution >= 0.6 is 0 Å². The zero-order chi connectivity index (χ0) is 13.2. The highest BCUT2D eigenvalue weighted by molar-refractivity contribution is 7.83. The van der Waals surface area contributed by atoms with E-state index in [9.17, 15) is 12.3 Å². The first-order valence-corrected chi connectivity index (χ1v) is 7.19. The molecule has 2 rings (SSSR count). The average molecular weight is 277 g/mol. The molecule has 1 saturated heterocycles. The first-order chi connectivity index (χ1) is 8.49. The molecule has 1 aromatic heterocycles. The van der Waals surface area contributed by atoms with Gasteiger partial charge in [0.25, 0.3) is 0 Å². The quantitative estimate of drug-likeness (QED) is 0.753. The van der Waals surface area contributed by atoms with Crippen LogP contribution in [0, 0.1) is 0 Å². The maximum atomic E-state index is 12.7. The lowest BCUT2D eigenvalue weighted by atomic mass is 10.3. The van der Waals surface area contributed by atoms with Gasteiger partial charge < -0.3 is 4.52 Å².